The molecule has 35 heavy (non-hydrogen) atoms. The Bertz CT molecular complexity index is 889. The molecule has 0 saturated carbocycles. The van der Waals surface area contributed by atoms with Gasteiger partial charge in [0.2, 0.25) is 0 Å². The van der Waals surface area contributed by atoms with E-state index in [4.69, 9.17) is 15.9 Å². The van der Waals surface area contributed by atoms with E-state index in [0.717, 1.165) is 36.1 Å². The SMILES string of the molecule is C#C[Si](C)(C)C.COCCc1ccc(Br)cc1.COCCc1ccc(C#C[Si](C)(C)C)cc1.[Cu][I]. The second-order valence-corrected chi connectivity index (χ2v) is 20.2. The Labute approximate surface area is 245 Å². The van der Waals surface area contributed by atoms with Crippen molar-refractivity contribution in [2.45, 2.75) is 52.1 Å². The number of hydrogen-bond acceptors (Lipinski definition) is 2. The molecule has 0 aromatic heterocycles. The van der Waals surface area contributed by atoms with Crippen LogP contribution in [-0.2, 0) is 35.1 Å². The molecule has 2 nitrogen and oxygen atoms in total. The van der Waals surface area contributed by atoms with Crippen LogP contribution < -0.4 is 0 Å². The molecule has 2 rings (SSSR count). The fourth-order valence-electron chi connectivity index (χ4n) is 2.11. The zero-order valence-electron chi connectivity index (χ0n) is 22.4. The summed E-state index contributed by atoms with van der Waals surface area (Å²) in [6, 6.07) is 16.7. The summed E-state index contributed by atoms with van der Waals surface area (Å²) in [5.41, 5.74) is 9.84. The number of rotatable bonds is 6. The molecule has 0 spiro atoms. The van der Waals surface area contributed by atoms with Crippen molar-refractivity contribution in [2.75, 3.05) is 27.4 Å². The van der Waals surface area contributed by atoms with Crippen LogP contribution in [0.25, 0.3) is 0 Å². The molecule has 0 heterocycles. The van der Waals surface area contributed by atoms with Crippen molar-refractivity contribution < 1.29 is 22.2 Å². The second kappa shape index (κ2) is 21.7. The maximum atomic E-state index is 5.12. The summed E-state index contributed by atoms with van der Waals surface area (Å²) in [5, 5.41) is 0. The second-order valence-electron chi connectivity index (χ2n) is 9.70. The maximum absolute atomic E-state index is 5.12. The van der Waals surface area contributed by atoms with Crippen molar-refractivity contribution in [3.8, 4) is 23.4 Å². The molecule has 0 unspecified atom stereocenters. The molecule has 0 atom stereocenters. The third-order valence-electron chi connectivity index (χ3n) is 4.07. The summed E-state index contributed by atoms with van der Waals surface area (Å²) >= 11 is 9.25. The molecule has 0 fully saturated rings. The fraction of sp³-hybridized carbons (Fsp3) is 0.429. The van der Waals surface area contributed by atoms with Crippen LogP contribution in [-0.4, -0.2) is 43.6 Å². The Hall–Kier alpha value is -0.357. The number of benzene rings is 2. The van der Waals surface area contributed by atoms with Crippen LogP contribution in [0.3, 0.4) is 0 Å². The van der Waals surface area contributed by atoms with Gasteiger partial charge in [-0.3, -0.25) is 0 Å². The topological polar surface area (TPSA) is 18.5 Å². The minimum atomic E-state index is -1.26. The molecule has 0 bridgehead atoms. The van der Waals surface area contributed by atoms with Crippen LogP contribution in [0.1, 0.15) is 16.7 Å². The molecule has 0 aliphatic carbocycles. The van der Waals surface area contributed by atoms with Crippen molar-refractivity contribution in [3.63, 3.8) is 0 Å². The molecule has 0 saturated heterocycles. The van der Waals surface area contributed by atoms with Gasteiger partial charge in [0, 0.05) is 24.3 Å². The van der Waals surface area contributed by atoms with E-state index in [1.54, 1.807) is 34.6 Å². The predicted octanol–water partition coefficient (Wildman–Crippen LogP) is 8.12. The molecule has 2 aromatic carbocycles. The number of terminal acetylenes is 1. The first kappa shape index (κ1) is 36.8. The van der Waals surface area contributed by atoms with Gasteiger partial charge in [-0.15, -0.1) is 17.5 Å². The van der Waals surface area contributed by atoms with E-state index < -0.39 is 16.1 Å². The van der Waals surface area contributed by atoms with Gasteiger partial charge in [0.25, 0.3) is 0 Å². The van der Waals surface area contributed by atoms with Gasteiger partial charge in [-0.2, -0.15) is 0 Å². The summed E-state index contributed by atoms with van der Waals surface area (Å²) < 4.78 is 11.1. The number of halogens is 2. The Morgan fingerprint density at radius 1 is 0.771 bits per heavy atom. The summed E-state index contributed by atoms with van der Waals surface area (Å²) in [7, 11) is 1.09. The predicted molar refractivity (Wildman–Crippen MR) is 168 cm³/mol. The zero-order chi connectivity index (χ0) is 27.3. The van der Waals surface area contributed by atoms with E-state index in [1.807, 2.05) is 12.1 Å². The van der Waals surface area contributed by atoms with Gasteiger partial charge in [0.05, 0.1) is 13.2 Å². The van der Waals surface area contributed by atoms with Gasteiger partial charge in [0.1, 0.15) is 16.1 Å². The van der Waals surface area contributed by atoms with Crippen LogP contribution in [0.5, 0.6) is 0 Å². The third-order valence-corrected chi connectivity index (χ3v) is 6.34. The molecule has 0 N–H and O–H groups in total. The fourth-order valence-corrected chi connectivity index (χ4v) is 2.89. The van der Waals surface area contributed by atoms with Gasteiger partial charge in [0.15, 0.2) is 0 Å². The first-order chi connectivity index (χ1) is 16.4. The molecular weight excluding hydrogens is 695 g/mol. The van der Waals surface area contributed by atoms with Gasteiger partial charge in [-0.25, -0.2) is 0 Å². The normalized spacial score (nSPS) is 10.0. The zero-order valence-corrected chi connectivity index (χ0v) is 29.1. The number of ether oxygens (including phenoxy) is 2. The van der Waals surface area contributed by atoms with Crippen molar-refractivity contribution >= 4 is 52.4 Å². The van der Waals surface area contributed by atoms with Gasteiger partial charge < -0.3 is 9.47 Å². The van der Waals surface area contributed by atoms with E-state index in [0.29, 0.717) is 0 Å². The molecule has 0 amide bonds. The van der Waals surface area contributed by atoms with Crippen LogP contribution in [0.4, 0.5) is 0 Å². The Morgan fingerprint density at radius 2 is 1.14 bits per heavy atom. The summed E-state index contributed by atoms with van der Waals surface area (Å²) in [4.78, 5) is 0. The monoisotopic (exact) mass is 734 g/mol. The number of methoxy groups -OCH3 is 2. The molecule has 2 aromatic rings. The van der Waals surface area contributed by atoms with Crippen LogP contribution >= 0.6 is 36.3 Å². The van der Waals surface area contributed by atoms with Crippen molar-refractivity contribution in [1.29, 1.82) is 0 Å². The van der Waals surface area contributed by atoms with Gasteiger partial charge in [-0.1, -0.05) is 85.4 Å². The third kappa shape index (κ3) is 25.1. The Balaban J connectivity index is 0. The molecular formula is C28H41BrCuIO2Si2. The summed E-state index contributed by atoms with van der Waals surface area (Å²) in [5.74, 6) is 3.25. The van der Waals surface area contributed by atoms with Crippen molar-refractivity contribution in [2.24, 2.45) is 0 Å². The van der Waals surface area contributed by atoms with Gasteiger partial charge >= 0.3 is 33.1 Å². The van der Waals surface area contributed by atoms with Crippen LogP contribution in [0.15, 0.2) is 53.0 Å². The first-order valence-corrected chi connectivity index (χ1v) is 22.2. The summed E-state index contributed by atoms with van der Waals surface area (Å²) in [6.07, 6.45) is 7.08. The molecule has 0 aliphatic rings. The number of hydrogen-bond donors (Lipinski definition) is 0. The quantitative estimate of drug-likeness (QED) is 0.170. The molecule has 7 heteroatoms. The van der Waals surface area contributed by atoms with E-state index in [-0.39, 0.29) is 0 Å². The van der Waals surface area contributed by atoms with Crippen molar-refractivity contribution in [3.05, 3.63) is 69.7 Å². The Kier molecular flexibility index (Phi) is 22.8. The van der Waals surface area contributed by atoms with Crippen molar-refractivity contribution in [1.82, 2.24) is 0 Å². The summed E-state index contributed by atoms with van der Waals surface area (Å²) in [6.45, 7) is 14.8. The standard InChI is InChI=1S/C14H20OSi.C9H11BrO.C5H10Si.Cu.HI/c1-15-11-9-13-5-7-14(8-6-13)10-12-16(2,3)4;1-11-7-6-8-2-4-9(10)5-3-8;1-5-6(2,3)4;;/h5-8H,9,11H2,1-4H3;2-5H,6-7H2,1H3;1H,2-4H3;;1H/q;;;+1;/p-1. The van der Waals surface area contributed by atoms with Crippen LogP contribution in [0, 0.1) is 23.4 Å². The van der Waals surface area contributed by atoms with Gasteiger partial charge in [-0.05, 0) is 48.2 Å². The van der Waals surface area contributed by atoms with E-state index >= 15 is 0 Å². The van der Waals surface area contributed by atoms with E-state index in [1.165, 1.54) is 11.1 Å². The average molecular weight is 736 g/mol. The average Bonchev–Trinajstić information content (AvgIpc) is 2.83. The van der Waals surface area contributed by atoms with Crippen LogP contribution in [0.2, 0.25) is 39.3 Å². The Morgan fingerprint density at radius 3 is 1.46 bits per heavy atom. The van der Waals surface area contributed by atoms with E-state index in [2.05, 4.69) is 121 Å². The first-order valence-electron chi connectivity index (χ1n) is 11.3. The molecule has 0 radical (unpaired) electrons. The minimum absolute atomic E-state index is 0.778. The molecule has 198 valence electrons. The van der Waals surface area contributed by atoms with E-state index in [9.17, 15) is 0 Å². The molecule has 0 aliphatic heterocycles.